The van der Waals surface area contributed by atoms with E-state index in [0.717, 1.165) is 23.5 Å². The molecule has 0 radical (unpaired) electrons. The highest BCUT2D eigenvalue weighted by Crippen LogP contribution is 2.49. The molecule has 0 aliphatic rings. The molecule has 2 aromatic carbocycles. The molecular formula is C17H11F4NOS. The number of alkyl halides is 3. The summed E-state index contributed by atoms with van der Waals surface area (Å²) >= 11 is 0.923. The van der Waals surface area contributed by atoms with Crippen molar-refractivity contribution in [3.8, 4) is 27.3 Å². The third-order valence-electron chi connectivity index (χ3n) is 3.51. The molecule has 3 aromatic rings. The molecule has 7 heteroatoms. The van der Waals surface area contributed by atoms with Crippen LogP contribution in [0.5, 0.6) is 5.75 Å². The normalized spacial score (nSPS) is 11.7. The molecule has 24 heavy (non-hydrogen) atoms. The average Bonchev–Trinajstić information content (AvgIpc) is 2.82. The minimum Gasteiger partial charge on any atom is -0.506 e. The number of halogens is 4. The molecule has 3 rings (SSSR count). The quantitative estimate of drug-likeness (QED) is 0.595. The predicted molar refractivity (Wildman–Crippen MR) is 86.2 cm³/mol. The summed E-state index contributed by atoms with van der Waals surface area (Å²) in [4.78, 5) is 0.179. The molecule has 0 spiro atoms. The summed E-state index contributed by atoms with van der Waals surface area (Å²) in [5.74, 6) is -0.883. The molecule has 0 saturated heterocycles. The number of nitrogen functional groups attached to an aromatic ring is 1. The first-order valence-corrected chi connectivity index (χ1v) is 7.64. The van der Waals surface area contributed by atoms with Crippen molar-refractivity contribution in [2.24, 2.45) is 0 Å². The maximum absolute atomic E-state index is 13.9. The van der Waals surface area contributed by atoms with Crippen molar-refractivity contribution in [1.29, 1.82) is 0 Å². The van der Waals surface area contributed by atoms with Crippen LogP contribution in [0.15, 0.2) is 48.5 Å². The van der Waals surface area contributed by atoms with Gasteiger partial charge in [-0.25, -0.2) is 4.39 Å². The third-order valence-corrected chi connectivity index (χ3v) is 4.55. The summed E-state index contributed by atoms with van der Waals surface area (Å²) < 4.78 is 52.5. The first-order chi connectivity index (χ1) is 11.3. The maximum Gasteiger partial charge on any atom is 0.416 e. The lowest BCUT2D eigenvalue weighted by molar-refractivity contribution is -0.137. The lowest BCUT2D eigenvalue weighted by Gasteiger charge is -2.09. The molecule has 3 N–H and O–H groups in total. The Bertz CT molecular complexity index is 902. The summed E-state index contributed by atoms with van der Waals surface area (Å²) in [5.41, 5.74) is 5.37. The highest BCUT2D eigenvalue weighted by atomic mass is 32.1. The van der Waals surface area contributed by atoms with E-state index in [2.05, 4.69) is 0 Å². The van der Waals surface area contributed by atoms with Crippen molar-refractivity contribution >= 4 is 16.3 Å². The zero-order valence-electron chi connectivity index (χ0n) is 12.1. The number of rotatable bonds is 2. The molecule has 0 aliphatic heterocycles. The van der Waals surface area contributed by atoms with Gasteiger partial charge in [0.15, 0.2) is 0 Å². The summed E-state index contributed by atoms with van der Waals surface area (Å²) in [6.45, 7) is 0. The highest BCUT2D eigenvalue weighted by molar-refractivity contribution is 7.20. The number of hydrogen-bond donors (Lipinski definition) is 2. The van der Waals surface area contributed by atoms with Crippen LogP contribution in [-0.2, 0) is 6.18 Å². The van der Waals surface area contributed by atoms with Crippen molar-refractivity contribution in [2.75, 3.05) is 5.73 Å². The molecule has 0 aliphatic carbocycles. The minimum atomic E-state index is -4.51. The molecule has 0 fully saturated rings. The van der Waals surface area contributed by atoms with Crippen LogP contribution in [0.4, 0.5) is 22.6 Å². The van der Waals surface area contributed by atoms with E-state index in [0.29, 0.717) is 0 Å². The van der Waals surface area contributed by atoms with Gasteiger partial charge < -0.3 is 10.8 Å². The van der Waals surface area contributed by atoms with E-state index < -0.39 is 17.6 Å². The Kier molecular flexibility index (Phi) is 3.96. The van der Waals surface area contributed by atoms with Crippen molar-refractivity contribution in [2.45, 2.75) is 6.18 Å². The van der Waals surface area contributed by atoms with Crippen molar-refractivity contribution < 1.29 is 22.7 Å². The molecule has 1 heterocycles. The molecule has 1 aromatic heterocycles. The van der Waals surface area contributed by atoms with Crippen LogP contribution < -0.4 is 5.73 Å². The topological polar surface area (TPSA) is 46.2 Å². The van der Waals surface area contributed by atoms with Gasteiger partial charge in [0, 0.05) is 5.56 Å². The van der Waals surface area contributed by atoms with Crippen LogP contribution in [0.3, 0.4) is 0 Å². The van der Waals surface area contributed by atoms with Crippen LogP contribution in [0.2, 0.25) is 0 Å². The van der Waals surface area contributed by atoms with Gasteiger partial charge in [0.2, 0.25) is 0 Å². The van der Waals surface area contributed by atoms with Gasteiger partial charge >= 0.3 is 6.18 Å². The van der Waals surface area contributed by atoms with Crippen LogP contribution in [0.1, 0.15) is 5.56 Å². The molecule has 0 bridgehead atoms. The standard InChI is InChI=1S/C17H11F4NOS/c18-12-7-2-1-6-11(12)15-14(23)13(16(22)24-15)9-4-3-5-10(8-9)17(19,20)21/h1-8,23H,22H2. The Morgan fingerprint density at radius 2 is 1.71 bits per heavy atom. The smallest absolute Gasteiger partial charge is 0.416 e. The van der Waals surface area contributed by atoms with Gasteiger partial charge in [-0.15, -0.1) is 11.3 Å². The Hall–Kier alpha value is -2.54. The third kappa shape index (κ3) is 2.82. The van der Waals surface area contributed by atoms with E-state index in [1.807, 2.05) is 0 Å². The van der Waals surface area contributed by atoms with Crippen molar-refractivity contribution in [3.05, 3.63) is 59.9 Å². The Labute approximate surface area is 138 Å². The monoisotopic (exact) mass is 353 g/mol. The second-order valence-electron chi connectivity index (χ2n) is 5.08. The number of nitrogens with two attached hydrogens (primary N) is 1. The average molecular weight is 353 g/mol. The number of anilines is 1. The molecule has 0 saturated carbocycles. The van der Waals surface area contributed by atoms with Crippen molar-refractivity contribution in [3.63, 3.8) is 0 Å². The number of thiophene rings is 1. The van der Waals surface area contributed by atoms with Crippen LogP contribution in [-0.4, -0.2) is 5.11 Å². The lowest BCUT2D eigenvalue weighted by atomic mass is 10.0. The summed E-state index contributed by atoms with van der Waals surface area (Å²) in [7, 11) is 0. The Morgan fingerprint density at radius 1 is 1.00 bits per heavy atom. The van der Waals surface area contributed by atoms with Crippen LogP contribution >= 0.6 is 11.3 Å². The predicted octanol–water partition coefficient (Wildman–Crippen LogP) is 5.53. The Morgan fingerprint density at radius 3 is 2.38 bits per heavy atom. The van der Waals surface area contributed by atoms with Gasteiger partial charge in [-0.2, -0.15) is 13.2 Å². The number of benzene rings is 2. The fourth-order valence-electron chi connectivity index (χ4n) is 2.40. The van der Waals surface area contributed by atoms with E-state index in [4.69, 9.17) is 5.73 Å². The summed E-state index contributed by atoms with van der Waals surface area (Å²) in [5, 5.41) is 10.5. The van der Waals surface area contributed by atoms with Gasteiger partial charge in [-0.3, -0.25) is 0 Å². The fourth-order valence-corrected chi connectivity index (χ4v) is 3.41. The maximum atomic E-state index is 13.9. The van der Waals surface area contributed by atoms with E-state index >= 15 is 0 Å². The van der Waals surface area contributed by atoms with Gasteiger partial charge in [-0.1, -0.05) is 30.3 Å². The molecule has 0 amide bonds. The minimum absolute atomic E-state index is 0.0735. The summed E-state index contributed by atoms with van der Waals surface area (Å²) in [6.07, 6.45) is -4.51. The first kappa shape index (κ1) is 16.3. The summed E-state index contributed by atoms with van der Waals surface area (Å²) in [6, 6.07) is 10.3. The SMILES string of the molecule is Nc1sc(-c2ccccc2F)c(O)c1-c1cccc(C(F)(F)F)c1. The Balaban J connectivity index is 2.16. The van der Waals surface area contributed by atoms with E-state index in [-0.39, 0.29) is 32.3 Å². The van der Waals surface area contributed by atoms with E-state index in [9.17, 15) is 22.7 Å². The fraction of sp³-hybridized carbons (Fsp3) is 0.0588. The van der Waals surface area contributed by atoms with Crippen LogP contribution in [0.25, 0.3) is 21.6 Å². The van der Waals surface area contributed by atoms with E-state index in [1.165, 1.54) is 30.3 Å². The molecule has 124 valence electrons. The number of aromatic hydroxyl groups is 1. The zero-order valence-corrected chi connectivity index (χ0v) is 12.9. The highest BCUT2D eigenvalue weighted by Gasteiger charge is 2.31. The zero-order chi connectivity index (χ0) is 17.5. The molecule has 0 unspecified atom stereocenters. The molecular weight excluding hydrogens is 342 g/mol. The molecule has 2 nitrogen and oxygen atoms in total. The number of hydrogen-bond acceptors (Lipinski definition) is 3. The lowest BCUT2D eigenvalue weighted by Crippen LogP contribution is -2.04. The van der Waals surface area contributed by atoms with Gasteiger partial charge in [0.1, 0.15) is 11.6 Å². The second kappa shape index (κ2) is 5.83. The van der Waals surface area contributed by atoms with E-state index in [1.54, 1.807) is 6.07 Å². The van der Waals surface area contributed by atoms with Crippen LogP contribution in [0, 0.1) is 5.82 Å². The first-order valence-electron chi connectivity index (χ1n) is 6.83. The molecule has 0 atom stereocenters. The van der Waals surface area contributed by atoms with Gasteiger partial charge in [0.25, 0.3) is 0 Å². The van der Waals surface area contributed by atoms with Gasteiger partial charge in [-0.05, 0) is 23.8 Å². The largest absolute Gasteiger partial charge is 0.506 e. The second-order valence-corrected chi connectivity index (χ2v) is 6.13. The van der Waals surface area contributed by atoms with Crippen molar-refractivity contribution in [1.82, 2.24) is 0 Å². The van der Waals surface area contributed by atoms with Gasteiger partial charge in [0.05, 0.1) is 21.0 Å².